The summed E-state index contributed by atoms with van der Waals surface area (Å²) in [7, 11) is -3.98. The van der Waals surface area contributed by atoms with E-state index in [-0.39, 0.29) is 13.6 Å². The van der Waals surface area contributed by atoms with Crippen LogP contribution in [0.4, 0.5) is 16.2 Å². The van der Waals surface area contributed by atoms with Crippen molar-refractivity contribution in [2.75, 3.05) is 10.6 Å². The zero-order valence-electron chi connectivity index (χ0n) is 16.1. The fraction of sp³-hybridized carbons (Fsp3) is 0.0476. The number of urea groups is 1. The lowest BCUT2D eigenvalue weighted by atomic mass is 10.1. The van der Waals surface area contributed by atoms with E-state index in [9.17, 15) is 13.2 Å². The van der Waals surface area contributed by atoms with Gasteiger partial charge in [-0.15, -0.1) is 11.3 Å². The van der Waals surface area contributed by atoms with Crippen molar-refractivity contribution < 1.29 is 13.2 Å². The number of sulfone groups is 1. The molecule has 1 atom stereocenters. The molecule has 0 saturated carbocycles. The third kappa shape index (κ3) is 4.23. The molecule has 0 fully saturated rings. The molecule has 2 N–H and O–H groups in total. The number of thiophene rings is 1. The average molecular weight is 571 g/mol. The van der Waals surface area contributed by atoms with E-state index in [1.807, 2.05) is 12.1 Å². The zero-order valence-corrected chi connectivity index (χ0v) is 20.8. The highest BCUT2D eigenvalue weighted by Gasteiger charge is 2.46. The molecule has 164 valence electrons. The third-order valence-electron chi connectivity index (χ3n) is 4.65. The fourth-order valence-corrected chi connectivity index (χ4v) is 7.35. The summed E-state index contributed by atoms with van der Waals surface area (Å²) in [5, 5.41) is 5.63. The second-order valence-electron chi connectivity index (χ2n) is 6.66. The molecule has 0 bridgehead atoms. The van der Waals surface area contributed by atoms with Crippen LogP contribution in [0.15, 0.2) is 80.4 Å². The number of halogens is 3. The molecule has 0 saturated heterocycles. The smallest absolute Gasteiger partial charge is 0.308 e. The minimum absolute atomic E-state index is 0.0196. The molecule has 1 aliphatic rings. The van der Waals surface area contributed by atoms with Gasteiger partial charge in [0.1, 0.15) is 8.55 Å². The summed E-state index contributed by atoms with van der Waals surface area (Å²) in [4.78, 5) is 15.0. The summed E-state index contributed by atoms with van der Waals surface area (Å²) >= 11 is 16.2. The van der Waals surface area contributed by atoms with Gasteiger partial charge in [-0.05, 0) is 64.0 Å². The van der Waals surface area contributed by atoms with Crippen LogP contribution in [0.1, 0.15) is 5.56 Å². The van der Waals surface area contributed by atoms with E-state index in [1.165, 1.54) is 18.4 Å². The number of hydrogen-bond donors (Lipinski definition) is 2. The first kappa shape index (κ1) is 23.0. The molecule has 1 aromatic heterocycles. The van der Waals surface area contributed by atoms with E-state index in [4.69, 9.17) is 23.2 Å². The fourth-order valence-electron chi connectivity index (χ4n) is 3.11. The molecule has 2 aromatic carbocycles. The van der Waals surface area contributed by atoms with Crippen LogP contribution in [-0.2, 0) is 14.7 Å². The van der Waals surface area contributed by atoms with Crippen molar-refractivity contribution >= 4 is 83.9 Å². The highest BCUT2D eigenvalue weighted by Crippen LogP contribution is 2.45. The molecule has 3 aromatic rings. The van der Waals surface area contributed by atoms with Crippen molar-refractivity contribution in [3.8, 4) is 0 Å². The van der Waals surface area contributed by atoms with Gasteiger partial charge in [0.25, 0.3) is 0 Å². The molecule has 0 spiro atoms. The standard InChI is InChI=1S/C21H14BrCl2N3O3S2/c22-15-4-1-2-5-17(15)27-20(28)26-14-8-6-13(7-9-14)21(10-3-11-25-21)32(29,30)18-12-16(23)19(24)31-18/h1-12H,(H2,26,27,28). The van der Waals surface area contributed by atoms with Crippen LogP contribution in [0.3, 0.4) is 0 Å². The minimum Gasteiger partial charge on any atom is -0.308 e. The highest BCUT2D eigenvalue weighted by molar-refractivity contribution is 9.10. The quantitative estimate of drug-likeness (QED) is 0.356. The van der Waals surface area contributed by atoms with E-state index in [0.29, 0.717) is 16.9 Å². The number of nitrogens with one attached hydrogen (secondary N) is 2. The first-order valence-corrected chi connectivity index (χ1v) is 12.9. The van der Waals surface area contributed by atoms with Gasteiger partial charge >= 0.3 is 6.03 Å². The number of hydrogen-bond acceptors (Lipinski definition) is 5. The van der Waals surface area contributed by atoms with Crippen LogP contribution in [0.5, 0.6) is 0 Å². The van der Waals surface area contributed by atoms with Crippen LogP contribution in [0, 0.1) is 0 Å². The minimum atomic E-state index is -3.98. The predicted molar refractivity (Wildman–Crippen MR) is 134 cm³/mol. The van der Waals surface area contributed by atoms with E-state index in [1.54, 1.807) is 42.5 Å². The van der Waals surface area contributed by atoms with E-state index < -0.39 is 20.7 Å². The van der Waals surface area contributed by atoms with Gasteiger partial charge in [0.05, 0.1) is 10.7 Å². The molecular weight excluding hydrogens is 557 g/mol. The Morgan fingerprint density at radius 1 is 1.06 bits per heavy atom. The SMILES string of the molecule is O=C(Nc1ccc(C2(S(=O)(=O)c3cc(Cl)c(Cl)s3)C=CC=N2)cc1)Nc1ccccc1Br. The summed E-state index contributed by atoms with van der Waals surface area (Å²) in [5.41, 5.74) is 1.52. The Kier molecular flexibility index (Phi) is 6.46. The number of para-hydroxylation sites is 1. The molecule has 32 heavy (non-hydrogen) atoms. The monoisotopic (exact) mass is 569 g/mol. The predicted octanol–water partition coefficient (Wildman–Crippen LogP) is 6.73. The number of carbonyl (C=O) groups is 1. The van der Waals surface area contributed by atoms with Crippen LogP contribution >= 0.6 is 50.5 Å². The van der Waals surface area contributed by atoms with Gasteiger partial charge in [-0.3, -0.25) is 4.99 Å². The largest absolute Gasteiger partial charge is 0.323 e. The Morgan fingerprint density at radius 2 is 1.78 bits per heavy atom. The second kappa shape index (κ2) is 8.99. The van der Waals surface area contributed by atoms with E-state index in [0.717, 1.165) is 15.8 Å². The number of amides is 2. The Labute approximate surface area is 207 Å². The van der Waals surface area contributed by atoms with Crippen molar-refractivity contribution in [2.45, 2.75) is 9.08 Å². The number of aliphatic imine (C=N–C) groups is 1. The number of benzene rings is 2. The Balaban J connectivity index is 1.59. The first-order chi connectivity index (χ1) is 15.2. The lowest BCUT2D eigenvalue weighted by Gasteiger charge is -2.24. The Bertz CT molecular complexity index is 1320. The van der Waals surface area contributed by atoms with E-state index in [2.05, 4.69) is 31.6 Å². The van der Waals surface area contributed by atoms with Crippen molar-refractivity contribution in [3.05, 3.63) is 86.1 Å². The van der Waals surface area contributed by atoms with Crippen molar-refractivity contribution in [2.24, 2.45) is 4.99 Å². The van der Waals surface area contributed by atoms with Crippen LogP contribution in [0.25, 0.3) is 0 Å². The zero-order chi connectivity index (χ0) is 22.9. The normalized spacial score (nSPS) is 17.5. The average Bonchev–Trinajstić information content (AvgIpc) is 3.39. The van der Waals surface area contributed by atoms with Crippen molar-refractivity contribution in [3.63, 3.8) is 0 Å². The molecule has 11 heteroatoms. The summed E-state index contributed by atoms with van der Waals surface area (Å²) in [6.45, 7) is 0. The topological polar surface area (TPSA) is 87.6 Å². The third-order valence-corrected chi connectivity index (χ3v) is 9.85. The summed E-state index contributed by atoms with van der Waals surface area (Å²) in [6, 6.07) is 14.5. The summed E-state index contributed by atoms with van der Waals surface area (Å²) in [6.07, 6.45) is 4.52. The number of carbonyl (C=O) groups excluding carboxylic acids is 1. The molecule has 0 radical (unpaired) electrons. The maximum absolute atomic E-state index is 13.5. The maximum Gasteiger partial charge on any atom is 0.323 e. The molecule has 2 heterocycles. The Hall–Kier alpha value is -2.17. The number of anilines is 2. The van der Waals surface area contributed by atoms with Gasteiger partial charge in [-0.25, -0.2) is 13.2 Å². The Morgan fingerprint density at radius 3 is 2.38 bits per heavy atom. The molecule has 2 amide bonds. The number of allylic oxidation sites excluding steroid dienone is 1. The number of nitrogens with zero attached hydrogens (tertiary/aromatic N) is 1. The van der Waals surface area contributed by atoms with Crippen LogP contribution in [0.2, 0.25) is 9.36 Å². The highest BCUT2D eigenvalue weighted by atomic mass is 79.9. The van der Waals surface area contributed by atoms with Gasteiger partial charge in [0, 0.05) is 16.4 Å². The van der Waals surface area contributed by atoms with Gasteiger partial charge in [-0.2, -0.15) is 0 Å². The lowest BCUT2D eigenvalue weighted by Crippen LogP contribution is -2.30. The number of rotatable bonds is 5. The summed E-state index contributed by atoms with van der Waals surface area (Å²) in [5.74, 6) is 0. The van der Waals surface area contributed by atoms with Gasteiger partial charge in [0.15, 0.2) is 0 Å². The molecule has 0 aliphatic carbocycles. The molecule has 1 unspecified atom stereocenters. The van der Waals surface area contributed by atoms with Crippen molar-refractivity contribution in [1.82, 2.24) is 0 Å². The summed E-state index contributed by atoms with van der Waals surface area (Å²) < 4.78 is 27.9. The van der Waals surface area contributed by atoms with Gasteiger partial charge < -0.3 is 10.6 Å². The van der Waals surface area contributed by atoms with Crippen LogP contribution < -0.4 is 10.6 Å². The van der Waals surface area contributed by atoms with Gasteiger partial charge in [0.2, 0.25) is 14.7 Å². The van der Waals surface area contributed by atoms with Crippen LogP contribution in [-0.4, -0.2) is 20.7 Å². The first-order valence-electron chi connectivity index (χ1n) is 9.08. The molecule has 6 nitrogen and oxygen atoms in total. The van der Waals surface area contributed by atoms with Crippen molar-refractivity contribution in [1.29, 1.82) is 0 Å². The molecule has 1 aliphatic heterocycles. The molecular formula is C21H14BrCl2N3O3S2. The molecule has 4 rings (SSSR count). The second-order valence-corrected chi connectivity index (χ2v) is 11.9. The van der Waals surface area contributed by atoms with E-state index >= 15 is 0 Å². The van der Waals surface area contributed by atoms with Gasteiger partial charge in [-0.1, -0.05) is 47.5 Å². The maximum atomic E-state index is 13.5. The lowest BCUT2D eigenvalue weighted by molar-refractivity contribution is 0.262.